The summed E-state index contributed by atoms with van der Waals surface area (Å²) in [4.78, 5) is 0. The molecule has 0 aliphatic carbocycles. The van der Waals surface area contributed by atoms with Gasteiger partial charge in [-0.2, -0.15) is 0 Å². The van der Waals surface area contributed by atoms with Gasteiger partial charge in [0.25, 0.3) is 0 Å². The predicted molar refractivity (Wildman–Crippen MR) is 67.1 cm³/mol. The normalized spacial score (nSPS) is 24.6. The third kappa shape index (κ3) is 2.28. The number of aromatic hydroxyl groups is 1. The highest BCUT2D eigenvalue weighted by molar-refractivity contribution is 7.99. The number of rotatable bonds is 3. The average molecular weight is 239 g/mol. The van der Waals surface area contributed by atoms with Gasteiger partial charge in [-0.25, -0.2) is 0 Å². The first kappa shape index (κ1) is 11.6. The van der Waals surface area contributed by atoms with Crippen molar-refractivity contribution in [2.75, 3.05) is 12.9 Å². The number of phenolic OH excluding ortho intramolecular Hbond substituents is 1. The van der Waals surface area contributed by atoms with Crippen LogP contribution in [0.1, 0.15) is 24.3 Å². The fraction of sp³-hybridized carbons (Fsp3) is 0.500. The van der Waals surface area contributed by atoms with Crippen LogP contribution in [-0.2, 0) is 0 Å². The molecule has 0 bridgehead atoms. The smallest absolute Gasteiger partial charge is 0.160 e. The Hall–Kier alpha value is -0.870. The molecule has 88 valence electrons. The van der Waals surface area contributed by atoms with Crippen LogP contribution < -0.4 is 10.1 Å². The van der Waals surface area contributed by atoms with Crippen molar-refractivity contribution >= 4 is 11.8 Å². The summed E-state index contributed by atoms with van der Waals surface area (Å²) < 4.78 is 5.03. The molecule has 0 radical (unpaired) electrons. The van der Waals surface area contributed by atoms with Crippen molar-refractivity contribution in [3.63, 3.8) is 0 Å². The number of benzene rings is 1. The maximum Gasteiger partial charge on any atom is 0.160 e. The zero-order chi connectivity index (χ0) is 11.5. The topological polar surface area (TPSA) is 41.5 Å². The monoisotopic (exact) mass is 239 g/mol. The highest BCUT2D eigenvalue weighted by Crippen LogP contribution is 2.37. The van der Waals surface area contributed by atoms with Gasteiger partial charge < -0.3 is 9.84 Å². The minimum atomic E-state index is 0.211. The molecule has 3 nitrogen and oxygen atoms in total. The van der Waals surface area contributed by atoms with E-state index >= 15 is 0 Å². The van der Waals surface area contributed by atoms with E-state index in [0.717, 1.165) is 17.7 Å². The van der Waals surface area contributed by atoms with E-state index in [1.807, 2.05) is 23.9 Å². The summed E-state index contributed by atoms with van der Waals surface area (Å²) in [6.07, 6.45) is 1.14. The molecule has 0 saturated carbocycles. The van der Waals surface area contributed by atoms with Crippen molar-refractivity contribution in [2.24, 2.45) is 0 Å². The van der Waals surface area contributed by atoms with Gasteiger partial charge in [-0.3, -0.25) is 5.32 Å². The van der Waals surface area contributed by atoms with Crippen molar-refractivity contribution in [1.29, 1.82) is 0 Å². The predicted octanol–water partition coefficient (Wildman–Crippen LogP) is 2.51. The van der Waals surface area contributed by atoms with Crippen LogP contribution in [0.25, 0.3) is 0 Å². The molecule has 0 aromatic heterocycles. The first-order chi connectivity index (χ1) is 7.74. The Morgan fingerprint density at radius 3 is 2.94 bits per heavy atom. The van der Waals surface area contributed by atoms with E-state index in [-0.39, 0.29) is 5.75 Å². The van der Waals surface area contributed by atoms with Crippen LogP contribution in [0.2, 0.25) is 0 Å². The molecule has 0 spiro atoms. The number of phenols is 1. The van der Waals surface area contributed by atoms with Crippen LogP contribution in [-0.4, -0.2) is 24.0 Å². The maximum atomic E-state index is 9.71. The van der Waals surface area contributed by atoms with Crippen LogP contribution in [0, 0.1) is 0 Å². The van der Waals surface area contributed by atoms with E-state index in [4.69, 9.17) is 4.74 Å². The highest BCUT2D eigenvalue weighted by atomic mass is 32.2. The van der Waals surface area contributed by atoms with E-state index < -0.39 is 0 Å². The first-order valence-electron chi connectivity index (χ1n) is 5.49. The van der Waals surface area contributed by atoms with E-state index in [2.05, 4.69) is 12.2 Å². The largest absolute Gasteiger partial charge is 0.504 e. The quantitative estimate of drug-likeness (QED) is 0.850. The molecule has 1 fully saturated rings. The van der Waals surface area contributed by atoms with E-state index in [9.17, 15) is 5.11 Å². The lowest BCUT2D eigenvalue weighted by atomic mass is 10.2. The van der Waals surface area contributed by atoms with Crippen molar-refractivity contribution < 1.29 is 9.84 Å². The van der Waals surface area contributed by atoms with E-state index in [1.165, 1.54) is 0 Å². The van der Waals surface area contributed by atoms with Crippen molar-refractivity contribution in [3.05, 3.63) is 23.8 Å². The van der Waals surface area contributed by atoms with E-state index in [1.54, 1.807) is 13.2 Å². The summed E-state index contributed by atoms with van der Waals surface area (Å²) in [6, 6.07) is 6.17. The summed E-state index contributed by atoms with van der Waals surface area (Å²) in [5.41, 5.74) is 1.11. The van der Waals surface area contributed by atoms with Gasteiger partial charge in [-0.1, -0.05) is 13.0 Å². The second kappa shape index (κ2) is 4.97. The maximum absolute atomic E-state index is 9.71. The molecular formula is C12H17NO2S. The van der Waals surface area contributed by atoms with Gasteiger partial charge in [0, 0.05) is 11.8 Å². The Bertz CT molecular complexity index is 370. The van der Waals surface area contributed by atoms with Crippen LogP contribution in [0.5, 0.6) is 11.5 Å². The Morgan fingerprint density at radius 1 is 1.56 bits per heavy atom. The molecule has 1 aromatic carbocycles. The summed E-state index contributed by atoms with van der Waals surface area (Å²) in [5.74, 6) is 1.87. The second-order valence-corrected chi connectivity index (χ2v) is 5.05. The van der Waals surface area contributed by atoms with Crippen molar-refractivity contribution in [3.8, 4) is 11.5 Å². The van der Waals surface area contributed by atoms with Crippen molar-refractivity contribution in [1.82, 2.24) is 5.32 Å². The fourth-order valence-corrected chi connectivity index (χ4v) is 3.21. The molecule has 1 saturated heterocycles. The molecule has 2 N–H and O–H groups in total. The van der Waals surface area contributed by atoms with Crippen LogP contribution in [0.15, 0.2) is 18.2 Å². The van der Waals surface area contributed by atoms with E-state index in [0.29, 0.717) is 17.2 Å². The molecule has 2 unspecified atom stereocenters. The van der Waals surface area contributed by atoms with Gasteiger partial charge in [0.2, 0.25) is 0 Å². The molecule has 2 atom stereocenters. The molecule has 16 heavy (non-hydrogen) atoms. The standard InChI is InChI=1S/C12H17NO2S/c1-3-9-7-16-12(13-9)8-4-5-11(15-2)10(14)6-8/h4-6,9,12-14H,3,7H2,1-2H3. The van der Waals surface area contributed by atoms with Crippen molar-refractivity contribution in [2.45, 2.75) is 24.8 Å². The van der Waals surface area contributed by atoms with Crippen LogP contribution in [0.4, 0.5) is 0 Å². The lowest BCUT2D eigenvalue weighted by molar-refractivity contribution is 0.373. The summed E-state index contributed by atoms with van der Waals surface area (Å²) in [7, 11) is 1.56. The third-order valence-corrected chi connectivity index (χ3v) is 4.19. The van der Waals surface area contributed by atoms with Gasteiger partial charge in [0.1, 0.15) is 0 Å². The van der Waals surface area contributed by atoms with Crippen LogP contribution >= 0.6 is 11.8 Å². The Labute approximate surface area is 100 Å². The zero-order valence-corrected chi connectivity index (χ0v) is 10.4. The number of nitrogens with one attached hydrogen (secondary N) is 1. The molecular weight excluding hydrogens is 222 g/mol. The molecule has 1 aliphatic rings. The average Bonchev–Trinajstić information content (AvgIpc) is 2.77. The number of hydrogen-bond acceptors (Lipinski definition) is 4. The Kier molecular flexibility index (Phi) is 3.61. The molecule has 4 heteroatoms. The molecule has 1 heterocycles. The number of thioether (sulfide) groups is 1. The summed E-state index contributed by atoms with van der Waals surface area (Å²) >= 11 is 1.89. The van der Waals surface area contributed by atoms with Gasteiger partial charge in [-0.15, -0.1) is 11.8 Å². The van der Waals surface area contributed by atoms with Gasteiger partial charge in [0.05, 0.1) is 12.5 Å². The first-order valence-corrected chi connectivity index (χ1v) is 6.54. The molecule has 1 aromatic rings. The SMILES string of the molecule is CCC1CSC(c2ccc(OC)c(O)c2)N1. The minimum Gasteiger partial charge on any atom is -0.504 e. The van der Waals surface area contributed by atoms with Gasteiger partial charge >= 0.3 is 0 Å². The Balaban J connectivity index is 2.13. The highest BCUT2D eigenvalue weighted by Gasteiger charge is 2.24. The lowest BCUT2D eigenvalue weighted by Gasteiger charge is -2.13. The minimum absolute atomic E-state index is 0.211. The number of ether oxygens (including phenoxy) is 1. The molecule has 1 aliphatic heterocycles. The Morgan fingerprint density at radius 2 is 2.38 bits per heavy atom. The zero-order valence-electron chi connectivity index (χ0n) is 9.56. The number of hydrogen-bond donors (Lipinski definition) is 2. The summed E-state index contributed by atoms with van der Waals surface area (Å²) in [6.45, 7) is 2.19. The van der Waals surface area contributed by atoms with Crippen LogP contribution in [0.3, 0.4) is 0 Å². The van der Waals surface area contributed by atoms with Gasteiger partial charge in [0.15, 0.2) is 11.5 Å². The molecule has 2 rings (SSSR count). The third-order valence-electron chi connectivity index (χ3n) is 2.85. The second-order valence-electron chi connectivity index (χ2n) is 3.92. The summed E-state index contributed by atoms with van der Waals surface area (Å²) in [5, 5.41) is 13.5. The fourth-order valence-electron chi connectivity index (χ4n) is 1.82. The number of methoxy groups -OCH3 is 1. The lowest BCUT2D eigenvalue weighted by Crippen LogP contribution is -2.24. The van der Waals surface area contributed by atoms with Gasteiger partial charge in [-0.05, 0) is 24.1 Å². The molecule has 0 amide bonds.